The zero-order valence-electron chi connectivity index (χ0n) is 15.9. The van der Waals surface area contributed by atoms with E-state index in [1.807, 2.05) is 4.90 Å². The highest BCUT2D eigenvalue weighted by molar-refractivity contribution is 7.89. The maximum atomic E-state index is 12.8. The number of aryl methyl sites for hydroxylation is 1. The van der Waals surface area contributed by atoms with Gasteiger partial charge in [-0.2, -0.15) is 0 Å². The molecule has 1 amide bonds. The molecule has 10 nitrogen and oxygen atoms in total. The Labute approximate surface area is 176 Å². The van der Waals surface area contributed by atoms with Gasteiger partial charge < -0.3 is 14.7 Å². The van der Waals surface area contributed by atoms with E-state index in [4.69, 9.17) is 4.74 Å². The van der Waals surface area contributed by atoms with E-state index in [0.29, 0.717) is 55.4 Å². The zero-order chi connectivity index (χ0) is 21.3. The molecule has 0 spiro atoms. The third-order valence-electron chi connectivity index (χ3n) is 5.02. The van der Waals surface area contributed by atoms with Gasteiger partial charge in [0.2, 0.25) is 0 Å². The number of sulfonamides is 1. The van der Waals surface area contributed by atoms with Crippen LogP contribution in [0.15, 0.2) is 22.4 Å². The summed E-state index contributed by atoms with van der Waals surface area (Å²) < 4.78 is 30.9. The van der Waals surface area contributed by atoms with E-state index in [2.05, 4.69) is 15.2 Å². The molecule has 1 fully saturated rings. The Morgan fingerprint density at radius 2 is 1.97 bits per heavy atom. The molecule has 1 aliphatic heterocycles. The first-order valence-electron chi connectivity index (χ1n) is 9.34. The average Bonchev–Trinajstić information content (AvgIpc) is 3.41. The lowest BCUT2D eigenvalue weighted by atomic mass is 10.1. The molecule has 160 valence electrons. The van der Waals surface area contributed by atoms with Gasteiger partial charge in [0.25, 0.3) is 15.9 Å². The number of amides is 1. The highest BCUT2D eigenvalue weighted by Gasteiger charge is 2.27. The monoisotopic (exact) mass is 452 g/mol. The summed E-state index contributed by atoms with van der Waals surface area (Å²) >= 11 is 1.29. The number of hydrogen-bond acceptors (Lipinski definition) is 8. The van der Waals surface area contributed by atoms with Crippen molar-refractivity contribution >= 4 is 38.4 Å². The van der Waals surface area contributed by atoms with Crippen molar-refractivity contribution in [3.05, 3.63) is 39.9 Å². The lowest BCUT2D eigenvalue weighted by molar-refractivity contribution is 0.0696. The van der Waals surface area contributed by atoms with Gasteiger partial charge in [-0.3, -0.25) is 10.2 Å². The number of nitrogens with zero attached hydrogens (tertiary/aromatic N) is 2. The topological polar surface area (TPSA) is 138 Å². The molecular formula is C18H20N4O6S2. The summed E-state index contributed by atoms with van der Waals surface area (Å²) in [6, 6.07) is 2.63. The van der Waals surface area contributed by atoms with E-state index in [-0.39, 0.29) is 16.2 Å². The number of morpholine rings is 1. The number of hydrogen-bond donors (Lipinski definition) is 3. The molecule has 1 aromatic carbocycles. The summed E-state index contributed by atoms with van der Waals surface area (Å²) in [4.78, 5) is 32.0. The summed E-state index contributed by atoms with van der Waals surface area (Å²) in [6.45, 7) is 2.51. The predicted molar refractivity (Wildman–Crippen MR) is 108 cm³/mol. The maximum Gasteiger partial charge on any atom is 0.335 e. The van der Waals surface area contributed by atoms with E-state index >= 15 is 0 Å². The van der Waals surface area contributed by atoms with Gasteiger partial charge in [-0.1, -0.05) is 0 Å². The number of benzene rings is 1. The molecule has 2 heterocycles. The van der Waals surface area contributed by atoms with E-state index in [1.165, 1.54) is 17.4 Å². The second-order valence-electron chi connectivity index (χ2n) is 6.95. The largest absolute Gasteiger partial charge is 0.478 e. The van der Waals surface area contributed by atoms with Crippen LogP contribution in [-0.2, 0) is 27.6 Å². The van der Waals surface area contributed by atoms with E-state index < -0.39 is 21.9 Å². The molecule has 1 aromatic heterocycles. The molecule has 0 saturated carbocycles. The van der Waals surface area contributed by atoms with Crippen molar-refractivity contribution in [3.63, 3.8) is 0 Å². The smallest absolute Gasteiger partial charge is 0.335 e. The van der Waals surface area contributed by atoms with Crippen LogP contribution in [0.5, 0.6) is 0 Å². The number of carboxylic acid groups (broad SMARTS) is 1. The lowest BCUT2D eigenvalue weighted by Gasteiger charge is -2.25. The Morgan fingerprint density at radius 3 is 2.70 bits per heavy atom. The Balaban J connectivity index is 1.49. The number of aromatic carboxylic acids is 1. The van der Waals surface area contributed by atoms with Crippen molar-refractivity contribution in [1.82, 2.24) is 15.2 Å². The number of anilines is 1. The number of ether oxygens (including phenoxy) is 1. The first kappa shape index (κ1) is 20.7. The molecule has 0 atom stereocenters. The van der Waals surface area contributed by atoms with E-state index in [1.54, 1.807) is 5.38 Å². The predicted octanol–water partition coefficient (Wildman–Crippen LogP) is 0.790. The van der Waals surface area contributed by atoms with E-state index in [9.17, 15) is 23.1 Å². The number of carbonyl (C=O) groups is 2. The van der Waals surface area contributed by atoms with Crippen LogP contribution in [0.4, 0.5) is 5.13 Å². The van der Waals surface area contributed by atoms with Gasteiger partial charge >= 0.3 is 5.97 Å². The van der Waals surface area contributed by atoms with Crippen LogP contribution >= 0.6 is 11.3 Å². The summed E-state index contributed by atoms with van der Waals surface area (Å²) in [7, 11) is -4.15. The van der Waals surface area contributed by atoms with Crippen molar-refractivity contribution in [2.45, 2.75) is 24.2 Å². The standard InChI is InChI=1S/C18H20N4O6S2/c23-16(14-10-29-18(19-14)22-4-6-28-7-5-22)20-21-30(26,27)15-9-12(17(24)25)8-11-2-1-3-13(11)15/h8-10,21H,1-7H2,(H,20,23)(H,24,25). The van der Waals surface area contributed by atoms with Crippen LogP contribution in [0.25, 0.3) is 0 Å². The number of fused-ring (bicyclic) bond motifs is 1. The van der Waals surface area contributed by atoms with Crippen molar-refractivity contribution in [2.75, 3.05) is 31.2 Å². The number of hydrazine groups is 1. The highest BCUT2D eigenvalue weighted by Crippen LogP contribution is 2.30. The number of rotatable bonds is 6. The van der Waals surface area contributed by atoms with Crippen molar-refractivity contribution in [1.29, 1.82) is 0 Å². The minimum absolute atomic E-state index is 0.0914. The fourth-order valence-corrected chi connectivity index (χ4v) is 5.57. The van der Waals surface area contributed by atoms with Crippen LogP contribution in [0, 0.1) is 0 Å². The van der Waals surface area contributed by atoms with Crippen molar-refractivity contribution in [2.24, 2.45) is 0 Å². The minimum atomic E-state index is -4.15. The third kappa shape index (κ3) is 4.17. The quantitative estimate of drug-likeness (QED) is 0.547. The molecule has 1 aliphatic carbocycles. The van der Waals surface area contributed by atoms with Gasteiger partial charge in [-0.25, -0.2) is 18.2 Å². The molecule has 3 N–H and O–H groups in total. The fraction of sp³-hybridized carbons (Fsp3) is 0.389. The summed E-state index contributed by atoms with van der Waals surface area (Å²) in [5.41, 5.74) is 3.45. The second-order valence-corrected chi connectivity index (χ2v) is 9.43. The SMILES string of the molecule is O=C(O)c1cc2c(c(S(=O)(=O)NNC(=O)c3csc(N4CCOCC4)n3)c1)CCC2. The number of carbonyl (C=O) groups excluding carboxylic acids is 1. The van der Waals surface area contributed by atoms with Crippen LogP contribution in [0.1, 0.15) is 38.4 Å². The Hall–Kier alpha value is -2.54. The molecule has 0 bridgehead atoms. The zero-order valence-corrected chi connectivity index (χ0v) is 17.5. The Kier molecular flexibility index (Phi) is 5.73. The van der Waals surface area contributed by atoms with Crippen LogP contribution in [0.3, 0.4) is 0 Å². The van der Waals surface area contributed by atoms with E-state index in [0.717, 1.165) is 12.5 Å². The van der Waals surface area contributed by atoms with Crippen LogP contribution in [-0.4, -0.2) is 56.7 Å². The summed E-state index contributed by atoms with van der Waals surface area (Å²) in [6.07, 6.45) is 1.90. The molecule has 30 heavy (non-hydrogen) atoms. The number of nitrogens with one attached hydrogen (secondary N) is 2. The van der Waals surface area contributed by atoms with Gasteiger partial charge in [-0.15, -0.1) is 16.2 Å². The third-order valence-corrected chi connectivity index (χ3v) is 7.23. The number of carboxylic acids is 1. The number of aromatic nitrogens is 1. The molecule has 0 radical (unpaired) electrons. The highest BCUT2D eigenvalue weighted by atomic mass is 32.2. The molecule has 2 aromatic rings. The Morgan fingerprint density at radius 1 is 1.20 bits per heavy atom. The molecular weight excluding hydrogens is 432 g/mol. The molecule has 2 aliphatic rings. The first-order valence-corrected chi connectivity index (χ1v) is 11.7. The molecule has 4 rings (SSSR count). The average molecular weight is 453 g/mol. The minimum Gasteiger partial charge on any atom is -0.478 e. The van der Waals surface area contributed by atoms with Crippen molar-refractivity contribution < 1.29 is 27.9 Å². The fourth-order valence-electron chi connectivity index (χ4n) is 3.53. The van der Waals surface area contributed by atoms with Gasteiger partial charge in [0.15, 0.2) is 5.13 Å². The van der Waals surface area contributed by atoms with Gasteiger partial charge in [0.1, 0.15) is 5.69 Å². The van der Waals surface area contributed by atoms with Gasteiger partial charge in [0.05, 0.1) is 23.7 Å². The normalized spacial score (nSPS) is 16.3. The van der Waals surface area contributed by atoms with Gasteiger partial charge in [-0.05, 0) is 42.5 Å². The lowest BCUT2D eigenvalue weighted by Crippen LogP contribution is -2.42. The molecule has 12 heteroatoms. The first-order chi connectivity index (χ1) is 14.3. The van der Waals surface area contributed by atoms with Crippen LogP contribution in [0.2, 0.25) is 0 Å². The molecule has 0 unspecified atom stereocenters. The second kappa shape index (κ2) is 8.30. The van der Waals surface area contributed by atoms with Gasteiger partial charge in [0, 0.05) is 18.5 Å². The maximum absolute atomic E-state index is 12.8. The Bertz CT molecular complexity index is 1090. The molecule has 1 saturated heterocycles. The van der Waals surface area contributed by atoms with Crippen LogP contribution < -0.4 is 15.2 Å². The summed E-state index contributed by atoms with van der Waals surface area (Å²) in [5, 5.41) is 11.5. The summed E-state index contributed by atoms with van der Waals surface area (Å²) in [5.74, 6) is -1.90. The van der Waals surface area contributed by atoms with Crippen molar-refractivity contribution in [3.8, 4) is 0 Å². The number of thiazole rings is 1.